The minimum atomic E-state index is 0.0790. The first-order valence-corrected chi connectivity index (χ1v) is 7.55. The fourth-order valence-corrected chi connectivity index (χ4v) is 2.83. The number of hydrogen-bond acceptors (Lipinski definition) is 3. The predicted molar refractivity (Wildman–Crippen MR) is 83.0 cm³/mol. The third-order valence-corrected chi connectivity index (χ3v) is 4.08. The molecule has 1 aliphatic rings. The molecule has 1 aliphatic heterocycles. The smallest absolute Gasteiger partial charge is 0.254 e. The van der Waals surface area contributed by atoms with E-state index < -0.39 is 0 Å². The predicted octanol–water partition coefficient (Wildman–Crippen LogP) is 3.07. The van der Waals surface area contributed by atoms with Gasteiger partial charge >= 0.3 is 0 Å². The molecule has 1 atom stereocenters. The minimum Gasteiger partial charge on any atom is -0.497 e. The largest absolute Gasteiger partial charge is 0.497 e. The number of likely N-dealkylation sites (tertiary alicyclic amines) is 1. The zero-order valence-corrected chi connectivity index (χ0v) is 13.4. The first kappa shape index (κ1) is 15.8. The molecule has 0 N–H and O–H groups in total. The summed E-state index contributed by atoms with van der Waals surface area (Å²) in [6, 6.07) is 6.00. The lowest BCUT2D eigenvalue weighted by Crippen LogP contribution is -2.38. The van der Waals surface area contributed by atoms with Crippen molar-refractivity contribution in [3.63, 3.8) is 0 Å². The normalized spacial score (nSPS) is 18.3. The van der Waals surface area contributed by atoms with Gasteiger partial charge in [0.1, 0.15) is 5.75 Å². The number of carbonyl (C=O) groups is 1. The van der Waals surface area contributed by atoms with Gasteiger partial charge in [0.25, 0.3) is 5.91 Å². The van der Waals surface area contributed by atoms with Gasteiger partial charge in [-0.3, -0.25) is 4.79 Å². The van der Waals surface area contributed by atoms with E-state index in [0.29, 0.717) is 18.1 Å². The molecule has 0 aliphatic carbocycles. The average molecular weight is 291 g/mol. The van der Waals surface area contributed by atoms with Gasteiger partial charge in [-0.05, 0) is 42.5 Å². The molecule has 0 aromatic heterocycles. The lowest BCUT2D eigenvalue weighted by atomic mass is 9.99. The summed E-state index contributed by atoms with van der Waals surface area (Å²) >= 11 is 0. The molecule has 116 valence electrons. The van der Waals surface area contributed by atoms with Crippen molar-refractivity contribution in [1.82, 2.24) is 4.90 Å². The first-order valence-electron chi connectivity index (χ1n) is 7.55. The van der Waals surface area contributed by atoms with Gasteiger partial charge < -0.3 is 14.4 Å². The zero-order valence-electron chi connectivity index (χ0n) is 13.4. The SMILES string of the molecule is COCC1CCCN1C(=O)c1cc(OC)cc(C(C)C)c1. The molecule has 1 aromatic carbocycles. The first-order chi connectivity index (χ1) is 10.1. The number of amides is 1. The molecule has 1 unspecified atom stereocenters. The van der Waals surface area contributed by atoms with Crippen LogP contribution in [0.3, 0.4) is 0 Å². The van der Waals surface area contributed by atoms with Crippen LogP contribution in [-0.2, 0) is 4.74 Å². The average Bonchev–Trinajstić information content (AvgIpc) is 2.94. The van der Waals surface area contributed by atoms with E-state index in [9.17, 15) is 4.79 Å². The van der Waals surface area contributed by atoms with Gasteiger partial charge in [0.2, 0.25) is 0 Å². The number of rotatable bonds is 5. The second kappa shape index (κ2) is 6.94. The summed E-state index contributed by atoms with van der Waals surface area (Å²) in [4.78, 5) is 14.7. The standard InChI is InChI=1S/C17H25NO3/c1-12(2)13-8-14(10-16(9-13)21-4)17(19)18-7-5-6-15(18)11-20-3/h8-10,12,15H,5-7,11H2,1-4H3. The number of nitrogens with zero attached hydrogens (tertiary/aromatic N) is 1. The zero-order chi connectivity index (χ0) is 15.4. The van der Waals surface area contributed by atoms with Gasteiger partial charge in [0.15, 0.2) is 0 Å². The monoisotopic (exact) mass is 291 g/mol. The fourth-order valence-electron chi connectivity index (χ4n) is 2.83. The second-order valence-electron chi connectivity index (χ2n) is 5.90. The van der Waals surface area contributed by atoms with Gasteiger partial charge in [-0.1, -0.05) is 13.8 Å². The lowest BCUT2D eigenvalue weighted by molar-refractivity contribution is 0.0630. The third-order valence-electron chi connectivity index (χ3n) is 4.08. The van der Waals surface area contributed by atoms with Crippen LogP contribution in [0.15, 0.2) is 18.2 Å². The third kappa shape index (κ3) is 3.56. The van der Waals surface area contributed by atoms with Crippen molar-refractivity contribution in [1.29, 1.82) is 0 Å². The quantitative estimate of drug-likeness (QED) is 0.837. The molecule has 2 rings (SSSR count). The molecule has 1 fully saturated rings. The van der Waals surface area contributed by atoms with E-state index in [-0.39, 0.29) is 11.9 Å². The Morgan fingerprint density at radius 3 is 2.71 bits per heavy atom. The fraction of sp³-hybridized carbons (Fsp3) is 0.588. The number of carbonyl (C=O) groups excluding carboxylic acids is 1. The molecule has 1 heterocycles. The second-order valence-corrected chi connectivity index (χ2v) is 5.90. The van der Waals surface area contributed by atoms with E-state index in [0.717, 1.165) is 30.7 Å². The Morgan fingerprint density at radius 1 is 1.33 bits per heavy atom. The molecule has 0 radical (unpaired) electrons. The van der Waals surface area contributed by atoms with Crippen molar-refractivity contribution in [2.45, 2.75) is 38.6 Å². The summed E-state index contributed by atoms with van der Waals surface area (Å²) < 4.78 is 10.6. The number of hydrogen-bond donors (Lipinski definition) is 0. The van der Waals surface area contributed by atoms with Crippen molar-refractivity contribution in [3.8, 4) is 5.75 Å². The van der Waals surface area contributed by atoms with Gasteiger partial charge in [-0.25, -0.2) is 0 Å². The Morgan fingerprint density at radius 2 is 2.10 bits per heavy atom. The topological polar surface area (TPSA) is 38.8 Å². The van der Waals surface area contributed by atoms with Crippen LogP contribution in [0.4, 0.5) is 0 Å². The summed E-state index contributed by atoms with van der Waals surface area (Å²) in [7, 11) is 3.32. The van der Waals surface area contributed by atoms with Crippen LogP contribution in [0, 0.1) is 0 Å². The molecule has 4 heteroatoms. The van der Waals surface area contributed by atoms with Crippen molar-refractivity contribution >= 4 is 5.91 Å². The summed E-state index contributed by atoms with van der Waals surface area (Å²) in [6.45, 7) is 5.65. The highest BCUT2D eigenvalue weighted by atomic mass is 16.5. The molecular weight excluding hydrogens is 266 g/mol. The van der Waals surface area contributed by atoms with Crippen LogP contribution in [0.2, 0.25) is 0 Å². The van der Waals surface area contributed by atoms with E-state index in [4.69, 9.17) is 9.47 Å². The van der Waals surface area contributed by atoms with Gasteiger partial charge in [-0.2, -0.15) is 0 Å². The van der Waals surface area contributed by atoms with Crippen LogP contribution in [0.1, 0.15) is 48.5 Å². The van der Waals surface area contributed by atoms with Crippen molar-refractivity contribution in [2.24, 2.45) is 0 Å². The Labute approximate surface area is 127 Å². The van der Waals surface area contributed by atoms with Crippen molar-refractivity contribution < 1.29 is 14.3 Å². The molecule has 21 heavy (non-hydrogen) atoms. The molecule has 0 spiro atoms. The van der Waals surface area contributed by atoms with Crippen molar-refractivity contribution in [3.05, 3.63) is 29.3 Å². The summed E-state index contributed by atoms with van der Waals surface area (Å²) in [5.41, 5.74) is 1.83. The van der Waals surface area contributed by atoms with Gasteiger partial charge in [-0.15, -0.1) is 0 Å². The van der Waals surface area contributed by atoms with Crippen molar-refractivity contribution in [2.75, 3.05) is 27.4 Å². The maximum absolute atomic E-state index is 12.8. The van der Waals surface area contributed by atoms with E-state index in [2.05, 4.69) is 13.8 Å². The summed E-state index contributed by atoms with van der Waals surface area (Å²) in [5.74, 6) is 1.18. The Bertz CT molecular complexity index is 499. The van der Waals surface area contributed by atoms with Crippen LogP contribution in [-0.4, -0.2) is 44.2 Å². The van der Waals surface area contributed by atoms with E-state index >= 15 is 0 Å². The van der Waals surface area contributed by atoms with E-state index in [1.54, 1.807) is 14.2 Å². The number of methoxy groups -OCH3 is 2. The summed E-state index contributed by atoms with van der Waals surface area (Å²) in [5, 5.41) is 0. The number of ether oxygens (including phenoxy) is 2. The molecule has 1 amide bonds. The summed E-state index contributed by atoms with van der Waals surface area (Å²) in [6.07, 6.45) is 2.06. The molecular formula is C17H25NO3. The highest BCUT2D eigenvalue weighted by Gasteiger charge is 2.29. The van der Waals surface area contributed by atoms with Crippen LogP contribution in [0.5, 0.6) is 5.75 Å². The molecule has 4 nitrogen and oxygen atoms in total. The molecule has 0 saturated carbocycles. The molecule has 1 aromatic rings. The van der Waals surface area contributed by atoms with Crippen LogP contribution >= 0.6 is 0 Å². The minimum absolute atomic E-state index is 0.0790. The van der Waals surface area contributed by atoms with Crippen LogP contribution in [0.25, 0.3) is 0 Å². The Balaban J connectivity index is 2.27. The molecule has 1 saturated heterocycles. The highest BCUT2D eigenvalue weighted by molar-refractivity contribution is 5.95. The van der Waals surface area contributed by atoms with E-state index in [1.165, 1.54) is 0 Å². The van der Waals surface area contributed by atoms with Gasteiger partial charge in [0, 0.05) is 19.2 Å². The maximum Gasteiger partial charge on any atom is 0.254 e. The Hall–Kier alpha value is -1.55. The van der Waals surface area contributed by atoms with Crippen LogP contribution < -0.4 is 4.74 Å². The van der Waals surface area contributed by atoms with Gasteiger partial charge in [0.05, 0.1) is 19.8 Å². The maximum atomic E-state index is 12.8. The number of benzene rings is 1. The highest BCUT2D eigenvalue weighted by Crippen LogP contribution is 2.26. The Kier molecular flexibility index (Phi) is 5.23. The molecule has 0 bridgehead atoms. The lowest BCUT2D eigenvalue weighted by Gasteiger charge is -2.24. The van der Waals surface area contributed by atoms with E-state index in [1.807, 2.05) is 23.1 Å².